The van der Waals surface area contributed by atoms with Crippen LogP contribution in [0, 0.1) is 23.4 Å². The average Bonchev–Trinajstić information content (AvgIpc) is 2.11. The summed E-state index contributed by atoms with van der Waals surface area (Å²) in [6.45, 7) is 0. The summed E-state index contributed by atoms with van der Waals surface area (Å²) in [5.41, 5.74) is 5.87. The summed E-state index contributed by atoms with van der Waals surface area (Å²) in [6.07, 6.45) is 2.93. The van der Waals surface area contributed by atoms with E-state index in [1.54, 1.807) is 0 Å². The Bertz CT molecular complexity index is 380. The molecule has 0 heterocycles. The molecule has 16 heavy (non-hydrogen) atoms. The first kappa shape index (κ1) is 13.3. The summed E-state index contributed by atoms with van der Waals surface area (Å²) in [5.74, 6) is -3.54. The number of hydrogen-bond acceptors (Lipinski definition) is 1. The molecule has 1 aliphatic rings. The topological polar surface area (TPSA) is 26.0 Å². The standard InChI is InChI=1S/C11H12F3N.ClH/c12-8-5-4-7(9(13)10(8)14)11(15)6-2-1-3-6;/h4-6,11H,1-3,15H2;1H/t11-;/m1./s1. The van der Waals surface area contributed by atoms with E-state index < -0.39 is 23.5 Å². The fourth-order valence-corrected chi connectivity index (χ4v) is 1.85. The Morgan fingerprint density at radius 1 is 1.12 bits per heavy atom. The molecule has 0 bridgehead atoms. The van der Waals surface area contributed by atoms with E-state index in [0.717, 1.165) is 25.3 Å². The van der Waals surface area contributed by atoms with Gasteiger partial charge >= 0.3 is 0 Å². The second kappa shape index (κ2) is 5.06. The molecule has 2 N–H and O–H groups in total. The molecule has 1 aliphatic carbocycles. The molecule has 0 radical (unpaired) electrons. The SMILES string of the molecule is Cl.N[C@@H](c1ccc(F)c(F)c1F)C1CCC1. The molecular formula is C11H13ClF3N. The highest BCUT2D eigenvalue weighted by Crippen LogP contribution is 2.37. The molecule has 1 atom stereocenters. The second-order valence-corrected chi connectivity index (χ2v) is 3.98. The monoisotopic (exact) mass is 251 g/mol. The molecule has 2 rings (SSSR count). The van der Waals surface area contributed by atoms with E-state index in [1.807, 2.05) is 0 Å². The van der Waals surface area contributed by atoms with Crippen molar-refractivity contribution in [3.05, 3.63) is 35.1 Å². The lowest BCUT2D eigenvalue weighted by molar-refractivity contribution is 0.258. The van der Waals surface area contributed by atoms with Gasteiger partial charge in [-0.05, 0) is 24.8 Å². The van der Waals surface area contributed by atoms with Gasteiger partial charge in [-0.3, -0.25) is 0 Å². The van der Waals surface area contributed by atoms with Crippen LogP contribution in [0.25, 0.3) is 0 Å². The van der Waals surface area contributed by atoms with E-state index in [1.165, 1.54) is 6.07 Å². The molecule has 1 fully saturated rings. The van der Waals surface area contributed by atoms with Gasteiger partial charge in [0.1, 0.15) is 0 Å². The minimum Gasteiger partial charge on any atom is -0.324 e. The van der Waals surface area contributed by atoms with E-state index in [2.05, 4.69) is 0 Å². The Labute approximate surface area is 98.2 Å². The zero-order chi connectivity index (χ0) is 11.0. The minimum absolute atomic E-state index is 0. The lowest BCUT2D eigenvalue weighted by Crippen LogP contribution is -2.28. The summed E-state index contributed by atoms with van der Waals surface area (Å²) in [5, 5.41) is 0. The molecule has 0 unspecified atom stereocenters. The van der Waals surface area contributed by atoms with Gasteiger partial charge in [-0.1, -0.05) is 12.5 Å². The Morgan fingerprint density at radius 2 is 1.75 bits per heavy atom. The molecule has 0 aromatic heterocycles. The first-order valence-corrected chi connectivity index (χ1v) is 5.00. The van der Waals surface area contributed by atoms with Gasteiger partial charge < -0.3 is 5.73 Å². The van der Waals surface area contributed by atoms with Gasteiger partial charge in [0.2, 0.25) is 0 Å². The number of rotatable bonds is 2. The van der Waals surface area contributed by atoms with Gasteiger partial charge in [0.05, 0.1) is 0 Å². The second-order valence-electron chi connectivity index (χ2n) is 3.98. The van der Waals surface area contributed by atoms with Crippen LogP contribution in [0.1, 0.15) is 30.9 Å². The molecule has 1 aromatic carbocycles. The van der Waals surface area contributed by atoms with Crippen molar-refractivity contribution >= 4 is 12.4 Å². The Hall–Kier alpha value is -0.740. The van der Waals surface area contributed by atoms with Crippen molar-refractivity contribution in [2.75, 3.05) is 0 Å². The predicted molar refractivity (Wildman–Crippen MR) is 57.8 cm³/mol. The molecule has 90 valence electrons. The van der Waals surface area contributed by atoms with E-state index in [4.69, 9.17) is 5.73 Å². The van der Waals surface area contributed by atoms with Crippen LogP contribution in [0.5, 0.6) is 0 Å². The highest BCUT2D eigenvalue weighted by atomic mass is 35.5. The van der Waals surface area contributed by atoms with Crippen molar-refractivity contribution in [3.63, 3.8) is 0 Å². The third kappa shape index (κ3) is 2.18. The number of hydrogen-bond donors (Lipinski definition) is 1. The van der Waals surface area contributed by atoms with Crippen LogP contribution in [0.3, 0.4) is 0 Å². The highest BCUT2D eigenvalue weighted by Gasteiger charge is 2.28. The maximum atomic E-state index is 13.3. The van der Waals surface area contributed by atoms with Crippen LogP contribution < -0.4 is 5.73 Å². The zero-order valence-corrected chi connectivity index (χ0v) is 9.37. The zero-order valence-electron chi connectivity index (χ0n) is 8.55. The van der Waals surface area contributed by atoms with E-state index in [9.17, 15) is 13.2 Å². The third-order valence-electron chi connectivity index (χ3n) is 3.08. The van der Waals surface area contributed by atoms with Crippen molar-refractivity contribution in [1.29, 1.82) is 0 Å². The van der Waals surface area contributed by atoms with Crippen molar-refractivity contribution in [1.82, 2.24) is 0 Å². The summed E-state index contributed by atoms with van der Waals surface area (Å²) in [6, 6.07) is 1.64. The van der Waals surface area contributed by atoms with Gasteiger partial charge in [0.15, 0.2) is 17.5 Å². The fraction of sp³-hybridized carbons (Fsp3) is 0.455. The summed E-state index contributed by atoms with van der Waals surface area (Å²) in [7, 11) is 0. The van der Waals surface area contributed by atoms with Gasteiger partial charge in [0.25, 0.3) is 0 Å². The maximum absolute atomic E-state index is 13.3. The average molecular weight is 252 g/mol. The fourth-order valence-electron chi connectivity index (χ4n) is 1.85. The quantitative estimate of drug-likeness (QED) is 0.802. The van der Waals surface area contributed by atoms with Crippen LogP contribution in [-0.2, 0) is 0 Å². The van der Waals surface area contributed by atoms with Gasteiger partial charge in [-0.25, -0.2) is 13.2 Å². The lowest BCUT2D eigenvalue weighted by atomic mass is 9.77. The molecule has 1 saturated carbocycles. The summed E-state index contributed by atoms with van der Waals surface area (Å²) < 4.78 is 38.9. The molecule has 1 nitrogen and oxygen atoms in total. The first-order valence-electron chi connectivity index (χ1n) is 5.00. The van der Waals surface area contributed by atoms with Crippen LogP contribution in [0.15, 0.2) is 12.1 Å². The molecule has 0 spiro atoms. The molecule has 1 aromatic rings. The Kier molecular flexibility index (Phi) is 4.21. The van der Waals surface area contributed by atoms with Crippen LogP contribution >= 0.6 is 12.4 Å². The lowest BCUT2D eigenvalue weighted by Gasteiger charge is -2.31. The molecule has 0 saturated heterocycles. The Morgan fingerprint density at radius 3 is 2.25 bits per heavy atom. The van der Waals surface area contributed by atoms with Gasteiger partial charge in [-0.2, -0.15) is 0 Å². The van der Waals surface area contributed by atoms with Gasteiger partial charge in [-0.15, -0.1) is 12.4 Å². The third-order valence-corrected chi connectivity index (χ3v) is 3.08. The van der Waals surface area contributed by atoms with E-state index >= 15 is 0 Å². The van der Waals surface area contributed by atoms with Crippen molar-refractivity contribution in [2.45, 2.75) is 25.3 Å². The normalized spacial score (nSPS) is 17.5. The summed E-state index contributed by atoms with van der Waals surface area (Å²) in [4.78, 5) is 0. The van der Waals surface area contributed by atoms with Crippen LogP contribution in [0.4, 0.5) is 13.2 Å². The number of benzene rings is 1. The first-order chi connectivity index (χ1) is 7.11. The Balaban J connectivity index is 0.00000128. The van der Waals surface area contributed by atoms with Crippen LogP contribution in [0.2, 0.25) is 0 Å². The van der Waals surface area contributed by atoms with Crippen molar-refractivity contribution in [2.24, 2.45) is 11.7 Å². The maximum Gasteiger partial charge on any atom is 0.194 e. The molecule has 5 heteroatoms. The van der Waals surface area contributed by atoms with Gasteiger partial charge in [0, 0.05) is 11.6 Å². The molecular weight excluding hydrogens is 239 g/mol. The van der Waals surface area contributed by atoms with E-state index in [-0.39, 0.29) is 23.9 Å². The minimum atomic E-state index is -1.43. The summed E-state index contributed by atoms with van der Waals surface area (Å²) >= 11 is 0. The van der Waals surface area contributed by atoms with Crippen molar-refractivity contribution < 1.29 is 13.2 Å². The largest absolute Gasteiger partial charge is 0.324 e. The predicted octanol–water partition coefficient (Wildman–Crippen LogP) is 3.33. The molecule has 0 aliphatic heterocycles. The molecule has 0 amide bonds. The van der Waals surface area contributed by atoms with E-state index in [0.29, 0.717) is 0 Å². The number of nitrogens with two attached hydrogens (primary N) is 1. The van der Waals surface area contributed by atoms with Crippen LogP contribution in [-0.4, -0.2) is 0 Å². The van der Waals surface area contributed by atoms with Crippen molar-refractivity contribution in [3.8, 4) is 0 Å². The highest BCUT2D eigenvalue weighted by molar-refractivity contribution is 5.85. The smallest absolute Gasteiger partial charge is 0.194 e. The number of halogens is 4.